The zero-order valence-electron chi connectivity index (χ0n) is 12.6. The molecule has 2 aromatic rings. The fourth-order valence-corrected chi connectivity index (χ4v) is 2.90. The van der Waals surface area contributed by atoms with E-state index in [0.717, 1.165) is 6.07 Å². The minimum Gasteiger partial charge on any atom is -0.351 e. The number of hydrogen-bond donors (Lipinski definition) is 1. The highest BCUT2D eigenvalue weighted by Crippen LogP contribution is 2.36. The number of allylic oxidation sites excluding steroid dienone is 2. The molecule has 25 heavy (non-hydrogen) atoms. The normalized spacial score (nSPS) is 14.6. The van der Waals surface area contributed by atoms with Gasteiger partial charge < -0.3 is 5.32 Å². The largest absolute Gasteiger partial charge is 0.416 e. The summed E-state index contributed by atoms with van der Waals surface area (Å²) in [7, 11) is 0. The molecule has 0 spiro atoms. The third-order valence-corrected chi connectivity index (χ3v) is 4.43. The summed E-state index contributed by atoms with van der Waals surface area (Å²) in [5, 5.41) is 2.63. The zero-order chi connectivity index (χ0) is 18.4. The van der Waals surface area contributed by atoms with E-state index in [2.05, 4.69) is 31.2 Å². The highest BCUT2D eigenvalue weighted by molar-refractivity contribution is 9.12. The molecular formula is C16H9BrF3N3O2. The molecule has 1 aliphatic rings. The van der Waals surface area contributed by atoms with Gasteiger partial charge in [0.15, 0.2) is 0 Å². The molecule has 0 unspecified atom stereocenters. The first kappa shape index (κ1) is 17.3. The molecule has 0 bridgehead atoms. The average Bonchev–Trinajstić information content (AvgIpc) is 2.57. The van der Waals surface area contributed by atoms with E-state index in [1.165, 1.54) is 31.5 Å². The van der Waals surface area contributed by atoms with E-state index in [1.807, 2.05) is 0 Å². The van der Waals surface area contributed by atoms with Crippen molar-refractivity contribution in [1.29, 1.82) is 0 Å². The van der Waals surface area contributed by atoms with Crippen LogP contribution in [0.1, 0.15) is 32.1 Å². The molecule has 0 amide bonds. The molecule has 9 heteroatoms. The van der Waals surface area contributed by atoms with E-state index >= 15 is 0 Å². The van der Waals surface area contributed by atoms with Gasteiger partial charge in [0.25, 0.3) is 0 Å². The van der Waals surface area contributed by atoms with Crippen molar-refractivity contribution in [3.8, 4) is 0 Å². The van der Waals surface area contributed by atoms with Crippen molar-refractivity contribution in [3.63, 3.8) is 0 Å². The van der Waals surface area contributed by atoms with Gasteiger partial charge in [-0.3, -0.25) is 9.59 Å². The summed E-state index contributed by atoms with van der Waals surface area (Å²) in [5.74, 6) is -1.21. The van der Waals surface area contributed by atoms with Gasteiger partial charge in [-0.15, -0.1) is 0 Å². The van der Waals surface area contributed by atoms with Crippen molar-refractivity contribution in [1.82, 2.24) is 9.97 Å². The number of benzene rings is 1. The fourth-order valence-electron chi connectivity index (χ4n) is 2.43. The van der Waals surface area contributed by atoms with Crippen LogP contribution in [0.2, 0.25) is 0 Å². The van der Waals surface area contributed by atoms with Crippen LogP contribution >= 0.6 is 15.9 Å². The van der Waals surface area contributed by atoms with Gasteiger partial charge in [0.2, 0.25) is 11.6 Å². The van der Waals surface area contributed by atoms with E-state index in [0.29, 0.717) is 0 Å². The van der Waals surface area contributed by atoms with E-state index in [9.17, 15) is 22.8 Å². The second-order valence-electron chi connectivity index (χ2n) is 5.20. The third-order valence-electron chi connectivity index (χ3n) is 3.67. The summed E-state index contributed by atoms with van der Waals surface area (Å²) >= 11 is 3.03. The van der Waals surface area contributed by atoms with Crippen LogP contribution < -0.4 is 5.32 Å². The predicted molar refractivity (Wildman–Crippen MR) is 86.4 cm³/mol. The Hall–Kier alpha value is -2.55. The van der Waals surface area contributed by atoms with E-state index in [1.54, 1.807) is 0 Å². The Morgan fingerprint density at radius 2 is 1.64 bits per heavy atom. The number of carbonyl (C=O) groups excluding carboxylic acids is 2. The van der Waals surface area contributed by atoms with Crippen LogP contribution in [0.5, 0.6) is 0 Å². The summed E-state index contributed by atoms with van der Waals surface area (Å²) in [6.45, 7) is 1.28. The van der Waals surface area contributed by atoms with Gasteiger partial charge in [0, 0.05) is 18.1 Å². The maximum Gasteiger partial charge on any atom is 0.416 e. The topological polar surface area (TPSA) is 72.0 Å². The summed E-state index contributed by atoms with van der Waals surface area (Å²) in [5.41, 5.74) is -1.29. The summed E-state index contributed by atoms with van der Waals surface area (Å²) in [4.78, 5) is 32.5. The van der Waals surface area contributed by atoms with Gasteiger partial charge in [-0.2, -0.15) is 13.2 Å². The van der Waals surface area contributed by atoms with Gasteiger partial charge in [-0.05, 0) is 40.5 Å². The molecule has 0 radical (unpaired) electrons. The Morgan fingerprint density at radius 3 is 2.24 bits per heavy atom. The van der Waals surface area contributed by atoms with Crippen molar-refractivity contribution >= 4 is 33.2 Å². The van der Waals surface area contributed by atoms with Crippen molar-refractivity contribution in [2.45, 2.75) is 13.1 Å². The first-order chi connectivity index (χ1) is 11.7. The number of anilines is 1. The second kappa shape index (κ2) is 6.07. The van der Waals surface area contributed by atoms with Crippen LogP contribution in [-0.2, 0) is 6.18 Å². The Balaban J connectivity index is 2.06. The molecule has 1 aliphatic carbocycles. The lowest BCUT2D eigenvalue weighted by Gasteiger charge is -2.20. The zero-order valence-corrected chi connectivity index (χ0v) is 14.2. The molecule has 1 heterocycles. The Labute approximate surface area is 148 Å². The highest BCUT2D eigenvalue weighted by atomic mass is 79.9. The maximum absolute atomic E-state index is 13.0. The van der Waals surface area contributed by atoms with Gasteiger partial charge >= 0.3 is 6.18 Å². The molecule has 0 atom stereocenters. The van der Waals surface area contributed by atoms with E-state index in [4.69, 9.17) is 0 Å². The molecule has 128 valence electrons. The first-order valence-corrected chi connectivity index (χ1v) is 7.75. The van der Waals surface area contributed by atoms with Crippen molar-refractivity contribution < 1.29 is 22.8 Å². The van der Waals surface area contributed by atoms with Gasteiger partial charge in [0.1, 0.15) is 17.1 Å². The lowest BCUT2D eigenvalue weighted by molar-refractivity contribution is -0.138. The molecule has 1 N–H and O–H groups in total. The highest BCUT2D eigenvalue weighted by Gasteiger charge is 2.35. The van der Waals surface area contributed by atoms with Gasteiger partial charge in [0.05, 0.1) is 10.0 Å². The maximum atomic E-state index is 13.0. The van der Waals surface area contributed by atoms with Crippen LogP contribution in [0.3, 0.4) is 0 Å². The number of rotatable bonds is 2. The summed E-state index contributed by atoms with van der Waals surface area (Å²) in [6.07, 6.45) is -1.99. The summed E-state index contributed by atoms with van der Waals surface area (Å²) < 4.78 is 39.0. The lowest BCUT2D eigenvalue weighted by Crippen LogP contribution is -2.26. The minimum absolute atomic E-state index is 0.0651. The standard InChI is InChI=1S/C16H9BrF3N3O2/c1-7-8(16(18,19)20)3-2-4-9(7)23-11-10(17)14(24)12-13(15(11)25)22-6-5-21-12/h2-6,23H,1H3. The molecule has 0 aliphatic heterocycles. The fraction of sp³-hybridized carbons (Fsp3) is 0.125. The number of hydrogen-bond acceptors (Lipinski definition) is 5. The average molecular weight is 412 g/mol. The molecule has 5 nitrogen and oxygen atoms in total. The quantitative estimate of drug-likeness (QED) is 0.810. The smallest absolute Gasteiger partial charge is 0.351 e. The first-order valence-electron chi connectivity index (χ1n) is 6.96. The number of nitrogens with zero attached hydrogens (tertiary/aromatic N) is 2. The van der Waals surface area contributed by atoms with Gasteiger partial charge in [-0.25, -0.2) is 9.97 Å². The third kappa shape index (κ3) is 2.95. The minimum atomic E-state index is -4.53. The van der Waals surface area contributed by atoms with Crippen molar-refractivity contribution in [2.24, 2.45) is 0 Å². The Bertz CT molecular complexity index is 938. The van der Waals surface area contributed by atoms with Crippen LogP contribution in [0.4, 0.5) is 18.9 Å². The van der Waals surface area contributed by atoms with E-state index < -0.39 is 23.3 Å². The van der Waals surface area contributed by atoms with E-state index in [-0.39, 0.29) is 32.8 Å². The molecule has 0 saturated heterocycles. The summed E-state index contributed by atoms with van der Waals surface area (Å²) in [6, 6.07) is 3.55. The predicted octanol–water partition coefficient (Wildman–Crippen LogP) is 3.90. The number of fused-ring (bicyclic) bond motifs is 1. The Morgan fingerprint density at radius 1 is 1.04 bits per heavy atom. The van der Waals surface area contributed by atoms with Gasteiger partial charge in [-0.1, -0.05) is 6.07 Å². The number of nitrogens with one attached hydrogen (secondary N) is 1. The number of ketones is 2. The Kier molecular flexibility index (Phi) is 4.19. The second-order valence-corrected chi connectivity index (χ2v) is 5.99. The van der Waals surface area contributed by atoms with Crippen LogP contribution in [0, 0.1) is 6.92 Å². The molecule has 0 saturated carbocycles. The molecular weight excluding hydrogens is 403 g/mol. The number of alkyl halides is 3. The lowest BCUT2D eigenvalue weighted by atomic mass is 10.0. The van der Waals surface area contributed by atoms with Crippen molar-refractivity contribution in [2.75, 3.05) is 5.32 Å². The van der Waals surface area contributed by atoms with Crippen LogP contribution in [0.15, 0.2) is 40.8 Å². The number of carbonyl (C=O) groups is 2. The SMILES string of the molecule is Cc1c(NC2=C(Br)C(=O)c3nccnc3C2=O)cccc1C(F)(F)F. The van der Waals surface area contributed by atoms with Crippen LogP contribution in [-0.4, -0.2) is 21.5 Å². The van der Waals surface area contributed by atoms with Crippen molar-refractivity contribution in [3.05, 3.63) is 63.3 Å². The monoisotopic (exact) mass is 411 g/mol. The number of aromatic nitrogens is 2. The molecule has 3 rings (SSSR count). The number of Topliss-reactive ketones (excluding diaryl/α,β-unsaturated/α-hetero) is 2. The molecule has 0 fully saturated rings. The molecule has 1 aromatic carbocycles. The number of halogens is 4. The van der Waals surface area contributed by atoms with Crippen LogP contribution in [0.25, 0.3) is 0 Å². The molecule has 1 aromatic heterocycles.